The molecule has 0 rings (SSSR count). The minimum absolute atomic E-state index is 0.689. The average Bonchev–Trinajstić information content (AvgIpc) is 1.63. The third-order valence-electron chi connectivity index (χ3n) is 0.457. The lowest BCUT2D eigenvalue weighted by Gasteiger charge is -1.87. The van der Waals surface area contributed by atoms with Gasteiger partial charge in [-0.1, -0.05) is 12.7 Å². The standard InChI is InChI=1S/C5H7O3P/c1-2-3-4-5-9(6,7)8/h2-3,5H,1H2,(H2,6,7,8). The van der Waals surface area contributed by atoms with E-state index in [0.717, 1.165) is 0 Å². The van der Waals surface area contributed by atoms with Gasteiger partial charge in [-0.3, -0.25) is 4.57 Å². The Hall–Kier alpha value is -0.590. The second kappa shape index (κ2) is 3.44. The molecule has 0 bridgehead atoms. The first-order valence-corrected chi connectivity index (χ1v) is 3.84. The van der Waals surface area contributed by atoms with Gasteiger partial charge in [-0.2, -0.15) is 0 Å². The molecule has 0 radical (unpaired) electrons. The molecule has 0 aromatic heterocycles. The van der Waals surface area contributed by atoms with Crippen LogP contribution in [0.25, 0.3) is 0 Å². The molecule has 0 aliphatic carbocycles. The van der Waals surface area contributed by atoms with Gasteiger partial charge in [0.05, 0.1) is 5.82 Å². The Bertz CT molecular complexity index is 194. The number of rotatable bonds is 2. The molecule has 0 heterocycles. The van der Waals surface area contributed by atoms with E-state index >= 15 is 0 Å². The van der Waals surface area contributed by atoms with E-state index in [2.05, 4.69) is 12.3 Å². The van der Waals surface area contributed by atoms with Crippen molar-refractivity contribution in [2.75, 3.05) is 0 Å². The van der Waals surface area contributed by atoms with Crippen LogP contribution in [0.2, 0.25) is 0 Å². The average molecular weight is 146 g/mol. The van der Waals surface area contributed by atoms with E-state index in [-0.39, 0.29) is 0 Å². The number of allylic oxidation sites excluding steroid dienone is 2. The molecule has 0 atom stereocenters. The van der Waals surface area contributed by atoms with Gasteiger partial charge in [0, 0.05) is 0 Å². The Balaban J connectivity index is 4.17. The summed E-state index contributed by atoms with van der Waals surface area (Å²) in [7, 11) is -4.01. The third kappa shape index (κ3) is 7.41. The Morgan fingerprint density at radius 2 is 2.11 bits per heavy atom. The Kier molecular flexibility index (Phi) is 3.21. The first-order valence-electron chi connectivity index (χ1n) is 2.16. The molecule has 9 heavy (non-hydrogen) atoms. The molecule has 50 valence electrons. The minimum atomic E-state index is -4.01. The largest absolute Gasteiger partial charge is 0.356 e. The van der Waals surface area contributed by atoms with Crippen molar-refractivity contribution in [2.45, 2.75) is 0 Å². The van der Waals surface area contributed by atoms with Crippen LogP contribution in [-0.2, 0) is 4.57 Å². The van der Waals surface area contributed by atoms with E-state index in [9.17, 15) is 4.57 Å². The van der Waals surface area contributed by atoms with E-state index in [0.29, 0.717) is 5.82 Å². The van der Waals surface area contributed by atoms with Crippen molar-refractivity contribution in [1.82, 2.24) is 0 Å². The fraction of sp³-hybridized carbons (Fsp3) is 0. The summed E-state index contributed by atoms with van der Waals surface area (Å²) in [5, 5.41) is 0. The summed E-state index contributed by atoms with van der Waals surface area (Å²) >= 11 is 0. The van der Waals surface area contributed by atoms with Gasteiger partial charge >= 0.3 is 7.60 Å². The summed E-state index contributed by atoms with van der Waals surface area (Å²) in [6.07, 6.45) is 2.70. The lowest BCUT2D eigenvalue weighted by Crippen LogP contribution is -1.64. The van der Waals surface area contributed by atoms with Crippen LogP contribution >= 0.6 is 7.60 Å². The lowest BCUT2D eigenvalue weighted by atomic mass is 10.6. The van der Waals surface area contributed by atoms with Crippen LogP contribution in [0.5, 0.6) is 0 Å². The van der Waals surface area contributed by atoms with Crippen molar-refractivity contribution in [1.29, 1.82) is 0 Å². The number of hydrogen-bond acceptors (Lipinski definition) is 1. The van der Waals surface area contributed by atoms with Crippen LogP contribution < -0.4 is 0 Å². The van der Waals surface area contributed by atoms with Gasteiger partial charge in [0.1, 0.15) is 0 Å². The summed E-state index contributed by atoms with van der Waals surface area (Å²) < 4.78 is 10.0. The maximum atomic E-state index is 10.0. The zero-order valence-corrected chi connectivity index (χ0v) is 5.58. The van der Waals surface area contributed by atoms with Crippen LogP contribution in [0.1, 0.15) is 0 Å². The van der Waals surface area contributed by atoms with Crippen LogP contribution in [0.3, 0.4) is 0 Å². The van der Waals surface area contributed by atoms with Crippen LogP contribution in [0, 0.1) is 0 Å². The second-order valence-corrected chi connectivity index (χ2v) is 2.72. The molecule has 0 aliphatic rings. The van der Waals surface area contributed by atoms with Crippen molar-refractivity contribution < 1.29 is 14.4 Å². The van der Waals surface area contributed by atoms with Gasteiger partial charge in [-0.25, -0.2) is 0 Å². The quantitative estimate of drug-likeness (QED) is 0.347. The highest BCUT2D eigenvalue weighted by Gasteiger charge is 2.03. The Morgan fingerprint density at radius 1 is 1.56 bits per heavy atom. The maximum Gasteiger partial charge on any atom is 0.356 e. The molecule has 0 amide bonds. The predicted octanol–water partition coefficient (Wildman–Crippen LogP) is 1.02. The van der Waals surface area contributed by atoms with Gasteiger partial charge in [-0.05, 0) is 6.08 Å². The molecule has 0 aromatic rings. The molecule has 0 aliphatic heterocycles. The van der Waals surface area contributed by atoms with E-state index in [1.165, 1.54) is 12.2 Å². The monoisotopic (exact) mass is 146 g/mol. The molecular formula is C5H7O3P. The first-order chi connectivity index (χ1) is 4.06. The summed E-state index contributed by atoms with van der Waals surface area (Å²) in [4.78, 5) is 16.4. The molecule has 3 nitrogen and oxygen atoms in total. The molecule has 4 heteroatoms. The van der Waals surface area contributed by atoms with E-state index < -0.39 is 7.60 Å². The van der Waals surface area contributed by atoms with Crippen molar-refractivity contribution >= 4 is 7.60 Å². The molecule has 0 fully saturated rings. The zero-order chi connectivity index (χ0) is 7.33. The van der Waals surface area contributed by atoms with Crippen molar-refractivity contribution in [3.05, 3.63) is 30.3 Å². The highest BCUT2D eigenvalue weighted by atomic mass is 31.2. The first kappa shape index (κ1) is 8.41. The van der Waals surface area contributed by atoms with Gasteiger partial charge in [-0.15, -0.1) is 5.73 Å². The van der Waals surface area contributed by atoms with Crippen LogP contribution in [0.4, 0.5) is 0 Å². The third-order valence-corrected chi connectivity index (χ3v) is 0.942. The minimum Gasteiger partial charge on any atom is -0.321 e. The van der Waals surface area contributed by atoms with Gasteiger partial charge in [0.25, 0.3) is 0 Å². The summed E-state index contributed by atoms with van der Waals surface area (Å²) in [6, 6.07) is 0. The fourth-order valence-electron chi connectivity index (χ4n) is 0.208. The predicted molar refractivity (Wildman–Crippen MR) is 34.9 cm³/mol. The van der Waals surface area contributed by atoms with E-state index in [1.54, 1.807) is 0 Å². The van der Waals surface area contributed by atoms with Crippen molar-refractivity contribution in [2.24, 2.45) is 0 Å². The Morgan fingerprint density at radius 3 is 2.44 bits per heavy atom. The van der Waals surface area contributed by atoms with E-state index in [1.807, 2.05) is 0 Å². The maximum absolute atomic E-state index is 10.0. The van der Waals surface area contributed by atoms with Crippen molar-refractivity contribution in [3.8, 4) is 0 Å². The molecule has 0 saturated heterocycles. The van der Waals surface area contributed by atoms with Crippen molar-refractivity contribution in [3.63, 3.8) is 0 Å². The molecule has 0 spiro atoms. The van der Waals surface area contributed by atoms with Gasteiger partial charge in [0.15, 0.2) is 0 Å². The van der Waals surface area contributed by atoms with Gasteiger partial charge < -0.3 is 9.79 Å². The topological polar surface area (TPSA) is 57.5 Å². The smallest absolute Gasteiger partial charge is 0.321 e. The highest BCUT2D eigenvalue weighted by Crippen LogP contribution is 2.35. The molecule has 0 aromatic carbocycles. The molecule has 0 saturated carbocycles. The normalized spacial score (nSPS) is 9.56. The zero-order valence-electron chi connectivity index (χ0n) is 4.69. The van der Waals surface area contributed by atoms with E-state index in [4.69, 9.17) is 9.79 Å². The van der Waals surface area contributed by atoms with Crippen LogP contribution in [-0.4, -0.2) is 9.79 Å². The summed E-state index contributed by atoms with van der Waals surface area (Å²) in [6.45, 7) is 3.29. The summed E-state index contributed by atoms with van der Waals surface area (Å²) in [5.74, 6) is 0.689. The van der Waals surface area contributed by atoms with Gasteiger partial charge in [0.2, 0.25) is 0 Å². The highest BCUT2D eigenvalue weighted by molar-refractivity contribution is 7.55. The molecular weight excluding hydrogens is 139 g/mol. The van der Waals surface area contributed by atoms with Crippen LogP contribution in [0.15, 0.2) is 30.3 Å². The lowest BCUT2D eigenvalue weighted by molar-refractivity contribution is 0.386. The number of hydrogen-bond donors (Lipinski definition) is 2. The SMILES string of the molecule is C=CC=C=CP(=O)(O)O. The molecule has 2 N–H and O–H groups in total. The Labute approximate surface area is 53.2 Å². The molecule has 0 unspecified atom stereocenters. The fourth-order valence-corrected chi connectivity index (χ4v) is 0.488. The summed E-state index contributed by atoms with van der Waals surface area (Å²) in [5.41, 5.74) is 2.24. The second-order valence-electron chi connectivity index (χ2n) is 1.29.